The van der Waals surface area contributed by atoms with E-state index in [1.54, 1.807) is 11.8 Å². The van der Waals surface area contributed by atoms with Crippen molar-refractivity contribution in [3.63, 3.8) is 0 Å². The second-order valence-electron chi connectivity index (χ2n) is 7.28. The number of aromatic amines is 1. The van der Waals surface area contributed by atoms with Gasteiger partial charge < -0.3 is 4.98 Å². The average Bonchev–Trinajstić information content (AvgIpc) is 3.41. The number of allylic oxidation sites excluding steroid dienone is 1. The maximum Gasteiger partial charge on any atom is 0.251 e. The van der Waals surface area contributed by atoms with Crippen molar-refractivity contribution in [2.24, 2.45) is 5.92 Å². The van der Waals surface area contributed by atoms with Gasteiger partial charge in [-0.05, 0) is 61.1 Å². The van der Waals surface area contributed by atoms with Crippen LogP contribution < -0.4 is 5.56 Å². The van der Waals surface area contributed by atoms with E-state index in [2.05, 4.69) is 41.6 Å². The molecule has 2 aliphatic carbocycles. The molecule has 0 radical (unpaired) electrons. The minimum Gasteiger partial charge on any atom is -0.322 e. The number of benzene rings is 1. The topological polar surface area (TPSA) is 49.9 Å². The number of H-pyrrole nitrogens is 1. The Morgan fingerprint density at radius 1 is 1.08 bits per heavy atom. The molecule has 2 saturated carbocycles. The van der Waals surface area contributed by atoms with Crippen LogP contribution >= 0.6 is 11.8 Å². The number of ketones is 1. The molecule has 2 fully saturated rings. The fourth-order valence-electron chi connectivity index (χ4n) is 3.69. The summed E-state index contributed by atoms with van der Waals surface area (Å²) >= 11 is 1.71. The van der Waals surface area contributed by atoms with Crippen molar-refractivity contribution in [2.75, 3.05) is 6.26 Å². The van der Waals surface area contributed by atoms with E-state index in [4.69, 9.17) is 0 Å². The summed E-state index contributed by atoms with van der Waals surface area (Å²) in [7, 11) is 0. The summed E-state index contributed by atoms with van der Waals surface area (Å²) in [6, 6.07) is 12.4. The Hall–Kier alpha value is -2.07. The second kappa shape index (κ2) is 7.28. The van der Waals surface area contributed by atoms with Gasteiger partial charge in [-0.2, -0.15) is 0 Å². The molecule has 2 aromatic rings. The predicted octanol–water partition coefficient (Wildman–Crippen LogP) is 4.78. The summed E-state index contributed by atoms with van der Waals surface area (Å²) < 4.78 is 0. The lowest BCUT2D eigenvalue weighted by Crippen LogP contribution is -2.13. The molecular weight excluding hydrogens is 342 g/mol. The zero-order chi connectivity index (χ0) is 18.1. The Morgan fingerprint density at radius 3 is 2.42 bits per heavy atom. The number of rotatable bonds is 5. The van der Waals surface area contributed by atoms with Crippen molar-refractivity contribution in [1.82, 2.24) is 4.98 Å². The zero-order valence-electron chi connectivity index (χ0n) is 15.0. The van der Waals surface area contributed by atoms with Gasteiger partial charge in [0.25, 0.3) is 5.56 Å². The fourth-order valence-corrected chi connectivity index (χ4v) is 4.10. The normalized spacial score (nSPS) is 20.6. The van der Waals surface area contributed by atoms with Crippen molar-refractivity contribution < 1.29 is 4.79 Å². The van der Waals surface area contributed by atoms with Gasteiger partial charge in [0.15, 0.2) is 0 Å². The molecule has 1 aromatic carbocycles. The molecule has 1 N–H and O–H groups in total. The summed E-state index contributed by atoms with van der Waals surface area (Å²) in [5.41, 5.74) is 3.88. The van der Waals surface area contributed by atoms with E-state index in [1.165, 1.54) is 4.90 Å². The third-order valence-corrected chi connectivity index (χ3v) is 6.08. The predicted molar refractivity (Wildman–Crippen MR) is 107 cm³/mol. The first kappa shape index (κ1) is 17.3. The first-order chi connectivity index (χ1) is 12.6. The van der Waals surface area contributed by atoms with Gasteiger partial charge in [-0.15, -0.1) is 11.8 Å². The lowest BCUT2D eigenvalue weighted by Gasteiger charge is -2.12. The number of aromatic nitrogens is 1. The van der Waals surface area contributed by atoms with E-state index in [1.807, 2.05) is 12.1 Å². The zero-order valence-corrected chi connectivity index (χ0v) is 15.8. The van der Waals surface area contributed by atoms with Crippen molar-refractivity contribution in [3.05, 3.63) is 69.6 Å². The maximum absolute atomic E-state index is 12.5. The van der Waals surface area contributed by atoms with Gasteiger partial charge in [0.1, 0.15) is 5.78 Å². The second-order valence-corrected chi connectivity index (χ2v) is 8.16. The van der Waals surface area contributed by atoms with Crippen LogP contribution in [0.1, 0.15) is 54.8 Å². The Kier molecular flexibility index (Phi) is 4.86. The number of carbonyl (C=O) groups excluding carboxylic acids is 1. The highest BCUT2D eigenvalue weighted by molar-refractivity contribution is 7.98. The Labute approximate surface area is 157 Å². The van der Waals surface area contributed by atoms with Crippen LogP contribution in [0.15, 0.2) is 52.2 Å². The van der Waals surface area contributed by atoms with Crippen LogP contribution in [0.2, 0.25) is 0 Å². The van der Waals surface area contributed by atoms with Crippen LogP contribution in [0, 0.1) is 5.92 Å². The fraction of sp³-hybridized carbons (Fsp3) is 0.364. The minimum atomic E-state index is 0.0270. The van der Waals surface area contributed by atoms with E-state index < -0.39 is 0 Å². The molecule has 1 heterocycles. The highest BCUT2D eigenvalue weighted by Crippen LogP contribution is 2.38. The van der Waals surface area contributed by atoms with Gasteiger partial charge in [0.05, 0.1) is 0 Å². The monoisotopic (exact) mass is 365 g/mol. The first-order valence-electron chi connectivity index (χ1n) is 9.25. The van der Waals surface area contributed by atoms with Crippen molar-refractivity contribution in [2.45, 2.75) is 42.9 Å². The standard InChI is InChI=1S/C22H23NO2S/c1-26-18-8-5-16(6-9-18)20(13-14-2-7-17(24)12-14)21-11-10-19(15-3-4-15)22(25)23-21/h5-6,8-11,13-15H,2-4,7,12H2,1H3,(H,23,25)/t14-/m0/s1. The Balaban J connectivity index is 1.74. The summed E-state index contributed by atoms with van der Waals surface area (Å²) in [6.45, 7) is 0. The molecule has 4 heteroatoms. The van der Waals surface area contributed by atoms with E-state index in [-0.39, 0.29) is 11.5 Å². The molecule has 1 atom stereocenters. The number of pyridine rings is 1. The molecule has 1 aromatic heterocycles. The van der Waals surface area contributed by atoms with Crippen molar-refractivity contribution in [3.8, 4) is 0 Å². The van der Waals surface area contributed by atoms with Gasteiger partial charge >= 0.3 is 0 Å². The average molecular weight is 365 g/mol. The molecule has 0 bridgehead atoms. The minimum absolute atomic E-state index is 0.0270. The van der Waals surface area contributed by atoms with Crippen LogP contribution in [0.3, 0.4) is 0 Å². The number of nitrogens with one attached hydrogen (secondary N) is 1. The number of carbonyl (C=O) groups is 1. The Bertz CT molecular complexity index is 906. The molecule has 3 nitrogen and oxygen atoms in total. The first-order valence-corrected chi connectivity index (χ1v) is 10.5. The van der Waals surface area contributed by atoms with E-state index in [0.29, 0.717) is 24.5 Å². The molecule has 0 amide bonds. The number of hydrogen-bond donors (Lipinski definition) is 1. The highest BCUT2D eigenvalue weighted by Gasteiger charge is 2.26. The molecule has 4 rings (SSSR count). The number of hydrogen-bond acceptors (Lipinski definition) is 3. The number of Topliss-reactive ketones (excluding diaryl/α,β-unsaturated/α-hetero) is 1. The van der Waals surface area contributed by atoms with Crippen LogP contribution in [0.5, 0.6) is 0 Å². The van der Waals surface area contributed by atoms with Crippen LogP contribution in [-0.2, 0) is 4.79 Å². The van der Waals surface area contributed by atoms with Gasteiger partial charge in [-0.25, -0.2) is 0 Å². The largest absolute Gasteiger partial charge is 0.322 e. The van der Waals surface area contributed by atoms with E-state index in [9.17, 15) is 9.59 Å². The molecule has 0 aliphatic heterocycles. The summed E-state index contributed by atoms with van der Waals surface area (Å²) in [5.74, 6) is 1.03. The lowest BCUT2D eigenvalue weighted by atomic mass is 9.95. The molecule has 134 valence electrons. The molecule has 2 aliphatic rings. The summed E-state index contributed by atoms with van der Waals surface area (Å²) in [5, 5.41) is 0. The van der Waals surface area contributed by atoms with Crippen LogP contribution in [0.25, 0.3) is 5.57 Å². The van der Waals surface area contributed by atoms with E-state index >= 15 is 0 Å². The van der Waals surface area contributed by atoms with Crippen molar-refractivity contribution in [1.29, 1.82) is 0 Å². The SMILES string of the molecule is CSc1ccc(C(=C[C@H]2CCC(=O)C2)c2ccc(C3CC3)c(=O)[nH]2)cc1. The van der Waals surface area contributed by atoms with Gasteiger partial charge in [0, 0.05) is 34.6 Å². The van der Waals surface area contributed by atoms with Gasteiger partial charge in [-0.1, -0.05) is 24.3 Å². The smallest absolute Gasteiger partial charge is 0.251 e. The van der Waals surface area contributed by atoms with E-state index in [0.717, 1.165) is 41.7 Å². The molecule has 0 unspecified atom stereocenters. The third-order valence-electron chi connectivity index (χ3n) is 5.33. The summed E-state index contributed by atoms with van der Waals surface area (Å²) in [6.07, 6.45) is 8.64. The quantitative estimate of drug-likeness (QED) is 0.776. The maximum atomic E-state index is 12.5. The van der Waals surface area contributed by atoms with Crippen molar-refractivity contribution >= 4 is 23.1 Å². The van der Waals surface area contributed by atoms with Crippen LogP contribution in [-0.4, -0.2) is 17.0 Å². The third kappa shape index (κ3) is 3.70. The van der Waals surface area contributed by atoms with Gasteiger partial charge in [0.2, 0.25) is 0 Å². The lowest BCUT2D eigenvalue weighted by molar-refractivity contribution is -0.117. The molecule has 0 saturated heterocycles. The Morgan fingerprint density at radius 2 is 1.85 bits per heavy atom. The summed E-state index contributed by atoms with van der Waals surface area (Å²) in [4.78, 5) is 28.5. The molecular formula is C22H23NO2S. The van der Waals surface area contributed by atoms with Crippen LogP contribution in [0.4, 0.5) is 0 Å². The molecule has 26 heavy (non-hydrogen) atoms. The van der Waals surface area contributed by atoms with Gasteiger partial charge in [-0.3, -0.25) is 9.59 Å². The molecule has 0 spiro atoms. The number of thioether (sulfide) groups is 1. The highest BCUT2D eigenvalue weighted by atomic mass is 32.2.